The van der Waals surface area contributed by atoms with Crippen LogP contribution in [0.15, 0.2) is 64.6 Å². The molecule has 0 aliphatic rings. The van der Waals surface area contributed by atoms with Gasteiger partial charge in [-0.05, 0) is 35.7 Å². The topological polar surface area (TPSA) is 87.6 Å². The fraction of sp³-hybridized carbons (Fsp3) is 0.222. The summed E-state index contributed by atoms with van der Waals surface area (Å²) < 4.78 is 27.3. The highest BCUT2D eigenvalue weighted by Crippen LogP contribution is 2.12. The van der Waals surface area contributed by atoms with E-state index in [1.807, 2.05) is 0 Å². The van der Waals surface area contributed by atoms with Crippen LogP contribution in [-0.2, 0) is 14.8 Å². The first-order valence-electron chi connectivity index (χ1n) is 7.95. The van der Waals surface area contributed by atoms with E-state index in [2.05, 4.69) is 15.2 Å². The summed E-state index contributed by atoms with van der Waals surface area (Å²) >= 11 is 5.81. The first-order chi connectivity index (χ1) is 12.3. The number of nitrogens with zero attached hydrogens (tertiary/aromatic N) is 1. The Bertz CT molecular complexity index is 866. The summed E-state index contributed by atoms with van der Waals surface area (Å²) in [6.45, 7) is 3.50. The maximum atomic E-state index is 12.4. The number of hydrogen-bond donors (Lipinski definition) is 2. The number of hydrazone groups is 1. The van der Waals surface area contributed by atoms with Crippen molar-refractivity contribution >= 4 is 33.7 Å². The number of carbonyl (C=O) groups excluding carboxylic acids is 1. The van der Waals surface area contributed by atoms with E-state index >= 15 is 0 Å². The van der Waals surface area contributed by atoms with Crippen molar-refractivity contribution < 1.29 is 13.2 Å². The third-order valence-corrected chi connectivity index (χ3v) is 5.25. The minimum atomic E-state index is -3.81. The van der Waals surface area contributed by atoms with E-state index in [4.69, 9.17) is 11.6 Å². The molecule has 0 bridgehead atoms. The Balaban J connectivity index is 2.06. The van der Waals surface area contributed by atoms with Crippen molar-refractivity contribution in [3.63, 3.8) is 0 Å². The van der Waals surface area contributed by atoms with Crippen LogP contribution in [0.2, 0.25) is 5.02 Å². The van der Waals surface area contributed by atoms with Gasteiger partial charge in [-0.25, -0.2) is 13.8 Å². The molecule has 2 aromatic carbocycles. The zero-order valence-electron chi connectivity index (χ0n) is 14.4. The molecule has 0 aromatic heterocycles. The van der Waals surface area contributed by atoms with Crippen LogP contribution in [0.1, 0.15) is 19.4 Å². The zero-order chi connectivity index (χ0) is 19.2. The van der Waals surface area contributed by atoms with E-state index in [0.29, 0.717) is 5.02 Å². The number of benzene rings is 2. The molecule has 1 amide bonds. The van der Waals surface area contributed by atoms with Gasteiger partial charge >= 0.3 is 0 Å². The highest BCUT2D eigenvalue weighted by Gasteiger charge is 2.28. The molecule has 0 saturated carbocycles. The van der Waals surface area contributed by atoms with Crippen molar-refractivity contribution in [1.29, 1.82) is 0 Å². The van der Waals surface area contributed by atoms with E-state index in [1.54, 1.807) is 56.3 Å². The molecular weight excluding hydrogens is 374 g/mol. The Kier molecular flexibility index (Phi) is 6.90. The number of halogens is 1. The van der Waals surface area contributed by atoms with E-state index in [9.17, 15) is 13.2 Å². The predicted octanol–water partition coefficient (Wildman–Crippen LogP) is 2.79. The van der Waals surface area contributed by atoms with Crippen molar-refractivity contribution in [2.24, 2.45) is 11.0 Å². The lowest BCUT2D eigenvalue weighted by atomic mass is 10.1. The van der Waals surface area contributed by atoms with Crippen LogP contribution in [-0.4, -0.2) is 26.6 Å². The smallest absolute Gasteiger partial charge is 0.258 e. The molecule has 8 heteroatoms. The van der Waals surface area contributed by atoms with Gasteiger partial charge in [0.15, 0.2) is 0 Å². The molecule has 2 rings (SSSR count). The normalized spacial score (nSPS) is 13.1. The second kappa shape index (κ2) is 8.93. The summed E-state index contributed by atoms with van der Waals surface area (Å²) in [6.07, 6.45) is 1.46. The van der Waals surface area contributed by atoms with Gasteiger partial charge in [-0.2, -0.15) is 9.82 Å². The standard InChI is InChI=1S/C18H20ClN3O3S/c1-13(2)17(22-26(24,25)16-6-4-3-5-7-16)18(23)21-20-12-14-8-10-15(19)11-9-14/h3-13,17,22H,1-2H3,(H,21,23)/b20-12+. The lowest BCUT2D eigenvalue weighted by Gasteiger charge is -2.20. The van der Waals surface area contributed by atoms with Gasteiger partial charge in [0.1, 0.15) is 6.04 Å². The van der Waals surface area contributed by atoms with Crippen LogP contribution in [0, 0.1) is 5.92 Å². The number of nitrogens with one attached hydrogen (secondary N) is 2. The minimum absolute atomic E-state index is 0.100. The van der Waals surface area contributed by atoms with Gasteiger partial charge in [0.25, 0.3) is 5.91 Å². The van der Waals surface area contributed by atoms with Crippen LogP contribution in [0.4, 0.5) is 0 Å². The van der Waals surface area contributed by atoms with Crippen molar-refractivity contribution in [2.45, 2.75) is 24.8 Å². The first kappa shape index (κ1) is 20.1. The third kappa shape index (κ3) is 5.66. The molecule has 0 heterocycles. The van der Waals surface area contributed by atoms with E-state index < -0.39 is 22.0 Å². The first-order valence-corrected chi connectivity index (χ1v) is 9.81. The van der Waals surface area contributed by atoms with Gasteiger partial charge in [0.2, 0.25) is 10.0 Å². The van der Waals surface area contributed by atoms with Crippen LogP contribution in [0.3, 0.4) is 0 Å². The van der Waals surface area contributed by atoms with Crippen molar-refractivity contribution in [2.75, 3.05) is 0 Å². The second-order valence-corrected chi connectivity index (χ2v) is 8.09. The fourth-order valence-corrected chi connectivity index (χ4v) is 3.61. The van der Waals surface area contributed by atoms with Gasteiger partial charge in [0, 0.05) is 5.02 Å². The SMILES string of the molecule is CC(C)C(NS(=O)(=O)c1ccccc1)C(=O)N/N=C/c1ccc(Cl)cc1. The molecule has 26 heavy (non-hydrogen) atoms. The molecule has 1 unspecified atom stereocenters. The maximum absolute atomic E-state index is 12.4. The second-order valence-electron chi connectivity index (χ2n) is 5.94. The van der Waals surface area contributed by atoms with Gasteiger partial charge in [0.05, 0.1) is 11.1 Å². The van der Waals surface area contributed by atoms with Gasteiger partial charge in [-0.1, -0.05) is 55.8 Å². The average molecular weight is 394 g/mol. The number of amides is 1. The monoisotopic (exact) mass is 393 g/mol. The predicted molar refractivity (Wildman–Crippen MR) is 103 cm³/mol. The Hall–Kier alpha value is -2.22. The largest absolute Gasteiger partial charge is 0.271 e. The molecule has 0 fully saturated rings. The van der Waals surface area contributed by atoms with E-state index in [-0.39, 0.29) is 10.8 Å². The molecule has 0 saturated heterocycles. The quantitative estimate of drug-likeness (QED) is 0.560. The third-order valence-electron chi connectivity index (χ3n) is 3.54. The molecule has 2 aromatic rings. The van der Waals surface area contributed by atoms with Crippen LogP contribution < -0.4 is 10.1 Å². The molecule has 0 spiro atoms. The van der Waals surface area contributed by atoms with Crippen LogP contribution >= 0.6 is 11.6 Å². The summed E-state index contributed by atoms with van der Waals surface area (Å²) in [5, 5.41) is 4.47. The Labute approximate surface area is 158 Å². The Morgan fingerprint density at radius 3 is 2.27 bits per heavy atom. The number of rotatable bonds is 7. The van der Waals surface area contributed by atoms with E-state index in [1.165, 1.54) is 18.3 Å². The van der Waals surface area contributed by atoms with Gasteiger partial charge in [-0.3, -0.25) is 4.79 Å². The molecule has 0 aliphatic carbocycles. The molecule has 1 atom stereocenters. The zero-order valence-corrected chi connectivity index (χ0v) is 16.0. The van der Waals surface area contributed by atoms with Crippen molar-refractivity contribution in [3.05, 3.63) is 65.2 Å². The highest BCUT2D eigenvalue weighted by molar-refractivity contribution is 7.89. The molecule has 6 nitrogen and oxygen atoms in total. The molecular formula is C18H20ClN3O3S. The van der Waals surface area contributed by atoms with Crippen molar-refractivity contribution in [3.8, 4) is 0 Å². The van der Waals surface area contributed by atoms with Crippen molar-refractivity contribution in [1.82, 2.24) is 10.1 Å². The van der Waals surface area contributed by atoms with Crippen LogP contribution in [0.5, 0.6) is 0 Å². The summed E-state index contributed by atoms with van der Waals surface area (Å²) in [6, 6.07) is 13.8. The maximum Gasteiger partial charge on any atom is 0.258 e. The van der Waals surface area contributed by atoms with Gasteiger partial charge < -0.3 is 0 Å². The molecule has 0 radical (unpaired) electrons. The lowest BCUT2D eigenvalue weighted by molar-refractivity contribution is -0.123. The lowest BCUT2D eigenvalue weighted by Crippen LogP contribution is -2.48. The Morgan fingerprint density at radius 2 is 1.69 bits per heavy atom. The average Bonchev–Trinajstić information content (AvgIpc) is 2.62. The highest BCUT2D eigenvalue weighted by atomic mass is 35.5. The van der Waals surface area contributed by atoms with Gasteiger partial charge in [-0.15, -0.1) is 0 Å². The fourth-order valence-electron chi connectivity index (χ4n) is 2.12. The Morgan fingerprint density at radius 1 is 1.08 bits per heavy atom. The summed E-state index contributed by atoms with van der Waals surface area (Å²) in [7, 11) is -3.81. The number of hydrogen-bond acceptors (Lipinski definition) is 4. The molecule has 2 N–H and O–H groups in total. The molecule has 0 aliphatic heterocycles. The molecule has 138 valence electrons. The van der Waals surface area contributed by atoms with Crippen LogP contribution in [0.25, 0.3) is 0 Å². The summed E-state index contributed by atoms with van der Waals surface area (Å²) in [5.41, 5.74) is 3.12. The summed E-state index contributed by atoms with van der Waals surface area (Å²) in [4.78, 5) is 12.5. The number of carbonyl (C=O) groups is 1. The minimum Gasteiger partial charge on any atom is -0.271 e. The summed E-state index contributed by atoms with van der Waals surface area (Å²) in [5.74, 6) is -0.802. The van der Waals surface area contributed by atoms with E-state index in [0.717, 1.165) is 5.56 Å². The number of sulfonamides is 1.